The Morgan fingerprint density at radius 1 is 1.50 bits per heavy atom. The van der Waals surface area contributed by atoms with Crippen molar-refractivity contribution in [1.29, 1.82) is 0 Å². The highest BCUT2D eigenvalue weighted by Gasteiger charge is 2.00. The Morgan fingerprint density at radius 3 is 2.50 bits per heavy atom. The van der Waals surface area contributed by atoms with Crippen molar-refractivity contribution >= 4 is 5.69 Å². The predicted octanol–water partition coefficient (Wildman–Crippen LogP) is 1.90. The highest BCUT2D eigenvalue weighted by atomic mass is 16.6. The highest BCUT2D eigenvalue weighted by molar-refractivity contribution is 5.31. The molecule has 0 aromatic heterocycles. The minimum Gasteiger partial charge on any atom is -0.258 e. The second-order valence-electron chi connectivity index (χ2n) is 1.80. The molecule has 0 unspecified atom stereocenters. The Hall–Kier alpha value is -1.38. The molecule has 1 rings (SSSR count). The summed E-state index contributed by atoms with van der Waals surface area (Å²) < 4.78 is 21.0. The van der Waals surface area contributed by atoms with Crippen molar-refractivity contribution in [2.75, 3.05) is 0 Å². The first-order valence-corrected chi connectivity index (χ1v) is 2.66. The van der Waals surface area contributed by atoms with Crippen LogP contribution in [0.4, 0.5) is 5.69 Å². The standard InChI is InChI=1S/C7H7NO2/c1-6-2-4-7(5-3-6)8(9)10/h2-5H,1H3/i1D3. The van der Waals surface area contributed by atoms with Gasteiger partial charge in [-0.2, -0.15) is 0 Å². The van der Waals surface area contributed by atoms with Crippen molar-refractivity contribution in [3.8, 4) is 0 Å². The molecule has 1 aromatic carbocycles. The van der Waals surface area contributed by atoms with Crippen molar-refractivity contribution < 1.29 is 9.04 Å². The van der Waals surface area contributed by atoms with Gasteiger partial charge in [0.25, 0.3) is 5.69 Å². The van der Waals surface area contributed by atoms with Crippen molar-refractivity contribution in [2.24, 2.45) is 0 Å². The monoisotopic (exact) mass is 140 g/mol. The van der Waals surface area contributed by atoms with Gasteiger partial charge >= 0.3 is 0 Å². The highest BCUT2D eigenvalue weighted by Crippen LogP contribution is 2.10. The van der Waals surface area contributed by atoms with Crippen LogP contribution in [0.2, 0.25) is 0 Å². The van der Waals surface area contributed by atoms with Gasteiger partial charge in [0.1, 0.15) is 0 Å². The average molecular weight is 140 g/mol. The number of aryl methyl sites for hydroxylation is 1. The summed E-state index contributed by atoms with van der Waals surface area (Å²) in [6.45, 7) is -2.20. The molecule has 0 fully saturated rings. The van der Waals surface area contributed by atoms with Crippen LogP contribution in [0.1, 0.15) is 9.68 Å². The summed E-state index contributed by atoms with van der Waals surface area (Å²) in [6, 6.07) is 4.85. The van der Waals surface area contributed by atoms with E-state index >= 15 is 0 Å². The Morgan fingerprint density at radius 2 is 2.10 bits per heavy atom. The molecule has 0 aliphatic carbocycles. The topological polar surface area (TPSA) is 43.1 Å². The lowest BCUT2D eigenvalue weighted by molar-refractivity contribution is -0.384. The maximum absolute atomic E-state index is 10.2. The van der Waals surface area contributed by atoms with E-state index in [2.05, 4.69) is 0 Å². The molecule has 0 N–H and O–H groups in total. The summed E-state index contributed by atoms with van der Waals surface area (Å²) in [5.74, 6) is 0. The number of nitro groups is 1. The van der Waals surface area contributed by atoms with E-state index in [0.29, 0.717) is 0 Å². The molecular formula is C7H7NO2. The van der Waals surface area contributed by atoms with Crippen LogP contribution in [0.15, 0.2) is 24.3 Å². The fourth-order valence-corrected chi connectivity index (χ4v) is 0.583. The molecule has 52 valence electrons. The number of nitrogens with zero attached hydrogens (tertiary/aromatic N) is 1. The summed E-state index contributed by atoms with van der Waals surface area (Å²) in [4.78, 5) is 9.66. The first-order chi connectivity index (χ1) is 5.91. The number of hydrogen-bond acceptors (Lipinski definition) is 2. The zero-order valence-corrected chi connectivity index (χ0v) is 5.07. The number of hydrogen-bond donors (Lipinski definition) is 0. The molecule has 1 aromatic rings. The van der Waals surface area contributed by atoms with Crippen molar-refractivity contribution in [3.05, 3.63) is 39.9 Å². The van der Waals surface area contributed by atoms with E-state index < -0.39 is 11.8 Å². The largest absolute Gasteiger partial charge is 0.269 e. The van der Waals surface area contributed by atoms with Crippen LogP contribution < -0.4 is 0 Å². The molecule has 0 bridgehead atoms. The second kappa shape index (κ2) is 2.47. The van der Waals surface area contributed by atoms with E-state index in [-0.39, 0.29) is 11.3 Å². The number of nitro benzene ring substituents is 1. The Bertz CT molecular complexity index is 318. The normalized spacial score (nSPS) is 15.0. The van der Waals surface area contributed by atoms with E-state index in [1.807, 2.05) is 0 Å². The minimum absolute atomic E-state index is 0.104. The summed E-state index contributed by atoms with van der Waals surface area (Å²) in [5.41, 5.74) is 0.00565. The third-order valence-corrected chi connectivity index (χ3v) is 1.08. The van der Waals surface area contributed by atoms with E-state index in [0.717, 1.165) is 0 Å². The molecule has 0 atom stereocenters. The van der Waals surface area contributed by atoms with E-state index in [4.69, 9.17) is 4.11 Å². The summed E-state index contributed by atoms with van der Waals surface area (Å²) in [5, 5.41) is 10.2. The van der Waals surface area contributed by atoms with Crippen LogP contribution in [0.25, 0.3) is 0 Å². The van der Waals surface area contributed by atoms with Gasteiger partial charge in [-0.3, -0.25) is 10.1 Å². The van der Waals surface area contributed by atoms with Gasteiger partial charge in [0, 0.05) is 16.2 Å². The van der Waals surface area contributed by atoms with Crippen LogP contribution in [-0.2, 0) is 0 Å². The zero-order chi connectivity index (χ0) is 10.1. The molecule has 10 heavy (non-hydrogen) atoms. The van der Waals surface area contributed by atoms with Gasteiger partial charge in [0.2, 0.25) is 0 Å². The molecule has 0 spiro atoms. The van der Waals surface area contributed by atoms with Crippen LogP contribution >= 0.6 is 0 Å². The molecule has 0 saturated carbocycles. The first-order valence-electron chi connectivity index (χ1n) is 4.16. The third-order valence-electron chi connectivity index (χ3n) is 1.08. The van der Waals surface area contributed by atoms with Gasteiger partial charge in [-0.15, -0.1) is 0 Å². The van der Waals surface area contributed by atoms with E-state index in [1.54, 1.807) is 0 Å². The molecule has 0 aliphatic rings. The third kappa shape index (κ3) is 1.31. The summed E-state index contributed by atoms with van der Waals surface area (Å²) in [6.07, 6.45) is 0. The van der Waals surface area contributed by atoms with Crippen LogP contribution in [0.5, 0.6) is 0 Å². The van der Waals surface area contributed by atoms with Crippen molar-refractivity contribution in [3.63, 3.8) is 0 Å². The summed E-state index contributed by atoms with van der Waals surface area (Å²) >= 11 is 0. The van der Waals surface area contributed by atoms with Crippen LogP contribution in [0.3, 0.4) is 0 Å². The average Bonchev–Trinajstić information content (AvgIpc) is 2.03. The van der Waals surface area contributed by atoms with E-state index in [9.17, 15) is 10.1 Å². The van der Waals surface area contributed by atoms with Gasteiger partial charge < -0.3 is 0 Å². The SMILES string of the molecule is [2H]C([2H])([2H])c1ccc([N+](=O)[O-])cc1. The predicted molar refractivity (Wildman–Crippen MR) is 37.8 cm³/mol. The molecular weight excluding hydrogens is 130 g/mol. The molecule has 3 nitrogen and oxygen atoms in total. The molecule has 0 heterocycles. The molecule has 0 aliphatic heterocycles. The lowest BCUT2D eigenvalue weighted by Gasteiger charge is -1.90. The smallest absolute Gasteiger partial charge is 0.258 e. The number of benzene rings is 1. The molecule has 0 radical (unpaired) electrons. The maximum atomic E-state index is 10.2. The van der Waals surface area contributed by atoms with Crippen LogP contribution in [-0.4, -0.2) is 4.92 Å². The van der Waals surface area contributed by atoms with E-state index in [1.165, 1.54) is 24.3 Å². The summed E-state index contributed by atoms with van der Waals surface area (Å²) in [7, 11) is 0. The first kappa shape index (κ1) is 3.71. The number of rotatable bonds is 1. The minimum atomic E-state index is -2.20. The maximum Gasteiger partial charge on any atom is 0.269 e. The number of non-ortho nitro benzene ring substituents is 1. The van der Waals surface area contributed by atoms with Gasteiger partial charge in [-0.05, 0) is 6.85 Å². The fraction of sp³-hybridized carbons (Fsp3) is 0.143. The van der Waals surface area contributed by atoms with Crippen LogP contribution in [0, 0.1) is 17.0 Å². The Labute approximate surface area is 62.7 Å². The Balaban J connectivity index is 3.01. The van der Waals surface area contributed by atoms with Crippen molar-refractivity contribution in [2.45, 2.75) is 6.85 Å². The second-order valence-corrected chi connectivity index (χ2v) is 1.80. The van der Waals surface area contributed by atoms with Gasteiger partial charge in [-0.25, -0.2) is 0 Å². The lowest BCUT2D eigenvalue weighted by atomic mass is 10.2. The Kier molecular flexibility index (Phi) is 0.917. The van der Waals surface area contributed by atoms with Crippen molar-refractivity contribution in [1.82, 2.24) is 0 Å². The zero-order valence-electron chi connectivity index (χ0n) is 8.07. The fourth-order valence-electron chi connectivity index (χ4n) is 0.583. The van der Waals surface area contributed by atoms with Gasteiger partial charge in [0.05, 0.1) is 4.92 Å². The van der Waals surface area contributed by atoms with Gasteiger partial charge in [0.15, 0.2) is 0 Å². The quantitative estimate of drug-likeness (QED) is 0.441. The van der Waals surface area contributed by atoms with Gasteiger partial charge in [-0.1, -0.05) is 17.7 Å². The molecule has 0 amide bonds. The molecule has 3 heteroatoms. The molecule has 0 saturated heterocycles. The lowest BCUT2D eigenvalue weighted by Crippen LogP contribution is -1.86.